The highest BCUT2D eigenvalue weighted by Crippen LogP contribution is 2.33. The quantitative estimate of drug-likeness (QED) is 0.798. The second kappa shape index (κ2) is 4.99. The Morgan fingerprint density at radius 3 is 2.74 bits per heavy atom. The zero-order valence-electron chi connectivity index (χ0n) is 9.61. The molecule has 0 amide bonds. The van der Waals surface area contributed by atoms with Crippen molar-refractivity contribution in [2.75, 3.05) is 0 Å². The second-order valence-electron chi connectivity index (χ2n) is 3.74. The number of aromatic nitrogens is 2. The van der Waals surface area contributed by atoms with Crippen LogP contribution in [0.2, 0.25) is 0 Å². The Kier molecular flexibility index (Phi) is 3.18. The number of fused-ring (bicyclic) bond motifs is 1. The predicted octanol–water partition coefficient (Wildman–Crippen LogP) is 3.54. The van der Waals surface area contributed by atoms with Crippen molar-refractivity contribution in [1.29, 1.82) is 0 Å². The van der Waals surface area contributed by atoms with Crippen LogP contribution in [0.25, 0.3) is 10.2 Å². The van der Waals surface area contributed by atoms with Gasteiger partial charge in [-0.15, -0.1) is 11.3 Å². The van der Waals surface area contributed by atoms with Gasteiger partial charge in [0.05, 0.1) is 15.8 Å². The van der Waals surface area contributed by atoms with Crippen molar-refractivity contribution >= 4 is 39.3 Å². The minimum absolute atomic E-state index is 0.189. The van der Waals surface area contributed by atoms with Gasteiger partial charge >= 0.3 is 5.97 Å². The molecule has 3 aromatic rings. The Bertz CT molecular complexity index is 705. The first-order chi connectivity index (χ1) is 9.22. The summed E-state index contributed by atoms with van der Waals surface area (Å²) in [7, 11) is 0. The number of carbonyl (C=O) groups is 1. The lowest BCUT2D eigenvalue weighted by Crippen LogP contribution is -1.96. The van der Waals surface area contributed by atoms with Gasteiger partial charge in [-0.25, -0.2) is 14.8 Å². The highest BCUT2D eigenvalue weighted by molar-refractivity contribution is 8.01. The molecule has 19 heavy (non-hydrogen) atoms. The Hall–Kier alpha value is -1.92. The SMILES string of the molecule is O=C(O)c1ccc(Sc2nc3ccccc3s2)nc1. The van der Waals surface area contributed by atoms with E-state index < -0.39 is 5.97 Å². The monoisotopic (exact) mass is 288 g/mol. The van der Waals surface area contributed by atoms with Gasteiger partial charge in [0, 0.05) is 6.20 Å². The first-order valence-electron chi connectivity index (χ1n) is 5.45. The van der Waals surface area contributed by atoms with Gasteiger partial charge in [-0.3, -0.25) is 0 Å². The Labute approximate surface area is 117 Å². The number of carboxylic acids is 1. The van der Waals surface area contributed by atoms with Gasteiger partial charge in [-0.05, 0) is 36.0 Å². The lowest BCUT2D eigenvalue weighted by molar-refractivity contribution is 0.0696. The normalized spacial score (nSPS) is 10.7. The molecule has 0 spiro atoms. The van der Waals surface area contributed by atoms with E-state index in [0.717, 1.165) is 19.6 Å². The highest BCUT2D eigenvalue weighted by atomic mass is 32.2. The zero-order valence-corrected chi connectivity index (χ0v) is 11.2. The molecule has 0 atom stereocenters. The molecule has 0 bridgehead atoms. The van der Waals surface area contributed by atoms with E-state index in [-0.39, 0.29) is 5.56 Å². The minimum Gasteiger partial charge on any atom is -0.478 e. The Morgan fingerprint density at radius 2 is 2.05 bits per heavy atom. The first-order valence-corrected chi connectivity index (χ1v) is 7.08. The van der Waals surface area contributed by atoms with Crippen LogP contribution in [0.1, 0.15) is 10.4 Å². The number of rotatable bonds is 3. The summed E-state index contributed by atoms with van der Waals surface area (Å²) in [5, 5.41) is 9.54. The van der Waals surface area contributed by atoms with Gasteiger partial charge in [0.2, 0.25) is 0 Å². The van der Waals surface area contributed by atoms with Gasteiger partial charge in [0.1, 0.15) is 5.03 Å². The molecule has 6 heteroatoms. The molecule has 0 unspecified atom stereocenters. The molecule has 1 aromatic carbocycles. The van der Waals surface area contributed by atoms with E-state index in [0.29, 0.717) is 0 Å². The van der Waals surface area contributed by atoms with Crippen molar-refractivity contribution in [2.24, 2.45) is 0 Å². The molecule has 0 aliphatic rings. The number of benzene rings is 1. The topological polar surface area (TPSA) is 63.1 Å². The van der Waals surface area contributed by atoms with Crippen LogP contribution in [-0.2, 0) is 0 Å². The molecule has 0 aliphatic heterocycles. The van der Waals surface area contributed by atoms with Crippen LogP contribution in [0.5, 0.6) is 0 Å². The van der Waals surface area contributed by atoms with Crippen LogP contribution in [0.4, 0.5) is 0 Å². The molecule has 1 N–H and O–H groups in total. The average molecular weight is 288 g/mol. The average Bonchev–Trinajstić information content (AvgIpc) is 2.81. The maximum Gasteiger partial charge on any atom is 0.337 e. The van der Waals surface area contributed by atoms with Gasteiger partial charge in [0.15, 0.2) is 4.34 Å². The van der Waals surface area contributed by atoms with Crippen molar-refractivity contribution in [1.82, 2.24) is 9.97 Å². The van der Waals surface area contributed by atoms with Crippen molar-refractivity contribution in [3.63, 3.8) is 0 Å². The third kappa shape index (κ3) is 2.59. The molecule has 0 saturated heterocycles. The van der Waals surface area contributed by atoms with E-state index in [1.165, 1.54) is 18.0 Å². The molecule has 94 valence electrons. The second-order valence-corrected chi connectivity index (χ2v) is 6.04. The van der Waals surface area contributed by atoms with E-state index >= 15 is 0 Å². The van der Waals surface area contributed by atoms with Crippen molar-refractivity contribution in [2.45, 2.75) is 9.37 Å². The number of carboxylic acid groups (broad SMARTS) is 1. The molecule has 0 saturated carbocycles. The number of pyridine rings is 1. The van der Waals surface area contributed by atoms with E-state index in [1.54, 1.807) is 23.5 Å². The van der Waals surface area contributed by atoms with Crippen molar-refractivity contribution < 1.29 is 9.90 Å². The molecule has 2 aromatic heterocycles. The molecular weight excluding hydrogens is 280 g/mol. The van der Waals surface area contributed by atoms with E-state index in [2.05, 4.69) is 9.97 Å². The van der Waals surface area contributed by atoms with Crippen LogP contribution in [0.15, 0.2) is 52.0 Å². The van der Waals surface area contributed by atoms with Gasteiger partial charge in [-0.1, -0.05) is 12.1 Å². The summed E-state index contributed by atoms with van der Waals surface area (Å²) in [6, 6.07) is 11.2. The summed E-state index contributed by atoms with van der Waals surface area (Å²) in [5.74, 6) is -0.968. The van der Waals surface area contributed by atoms with Gasteiger partial charge in [-0.2, -0.15) is 0 Å². The summed E-state index contributed by atoms with van der Waals surface area (Å²) < 4.78 is 2.03. The van der Waals surface area contributed by atoms with Gasteiger partial charge in [0.25, 0.3) is 0 Å². The molecule has 0 aliphatic carbocycles. The lowest BCUT2D eigenvalue weighted by Gasteiger charge is -1.97. The largest absolute Gasteiger partial charge is 0.478 e. The smallest absolute Gasteiger partial charge is 0.337 e. The van der Waals surface area contributed by atoms with Crippen molar-refractivity contribution in [3.8, 4) is 0 Å². The Balaban J connectivity index is 1.86. The molecule has 2 heterocycles. The molecule has 0 radical (unpaired) electrons. The maximum atomic E-state index is 10.7. The fourth-order valence-corrected chi connectivity index (χ4v) is 3.50. The van der Waals surface area contributed by atoms with Gasteiger partial charge < -0.3 is 5.11 Å². The number of aromatic carboxylic acids is 1. The highest BCUT2D eigenvalue weighted by Gasteiger charge is 2.07. The maximum absolute atomic E-state index is 10.7. The molecule has 0 fully saturated rings. The van der Waals surface area contributed by atoms with E-state index in [9.17, 15) is 4.79 Å². The molecule has 4 nitrogen and oxygen atoms in total. The standard InChI is InChI=1S/C13H8N2O2S2/c16-12(17)8-5-6-11(14-7-8)19-13-15-9-3-1-2-4-10(9)18-13/h1-7H,(H,16,17). The summed E-state index contributed by atoms with van der Waals surface area (Å²) in [4.78, 5) is 19.3. The summed E-state index contributed by atoms with van der Waals surface area (Å²) in [6.45, 7) is 0. The summed E-state index contributed by atoms with van der Waals surface area (Å²) >= 11 is 3.04. The fraction of sp³-hybridized carbons (Fsp3) is 0. The number of thiazole rings is 1. The number of para-hydroxylation sites is 1. The van der Waals surface area contributed by atoms with Crippen LogP contribution in [0, 0.1) is 0 Å². The molecule has 3 rings (SSSR count). The minimum atomic E-state index is -0.968. The number of nitrogens with zero attached hydrogens (tertiary/aromatic N) is 2. The van der Waals surface area contributed by atoms with Crippen LogP contribution < -0.4 is 0 Å². The van der Waals surface area contributed by atoms with Crippen LogP contribution in [0.3, 0.4) is 0 Å². The number of hydrogen-bond donors (Lipinski definition) is 1. The Morgan fingerprint density at radius 1 is 1.21 bits per heavy atom. The van der Waals surface area contributed by atoms with E-state index in [1.807, 2.05) is 24.3 Å². The van der Waals surface area contributed by atoms with Crippen LogP contribution >= 0.6 is 23.1 Å². The number of hydrogen-bond acceptors (Lipinski definition) is 5. The summed E-state index contributed by atoms with van der Waals surface area (Å²) in [5.41, 5.74) is 1.16. The predicted molar refractivity (Wildman–Crippen MR) is 74.9 cm³/mol. The molecular formula is C13H8N2O2S2. The van der Waals surface area contributed by atoms with Crippen molar-refractivity contribution in [3.05, 3.63) is 48.2 Å². The third-order valence-corrected chi connectivity index (χ3v) is 4.50. The lowest BCUT2D eigenvalue weighted by atomic mass is 10.3. The third-order valence-electron chi connectivity index (χ3n) is 2.45. The summed E-state index contributed by atoms with van der Waals surface area (Å²) in [6.07, 6.45) is 1.36. The zero-order chi connectivity index (χ0) is 13.2. The fourth-order valence-electron chi connectivity index (χ4n) is 1.55. The van der Waals surface area contributed by atoms with E-state index in [4.69, 9.17) is 5.11 Å². The first kappa shape index (κ1) is 12.1. The van der Waals surface area contributed by atoms with Crippen LogP contribution in [-0.4, -0.2) is 21.0 Å².